The molecule has 4 aromatic rings. The number of aromatic nitrogens is 3. The van der Waals surface area contributed by atoms with Crippen LogP contribution in [-0.4, -0.2) is 51.6 Å². The maximum absolute atomic E-state index is 14.7. The molecule has 4 rings (SSSR count). The van der Waals surface area contributed by atoms with Gasteiger partial charge in [-0.05, 0) is 18.2 Å². The molecule has 0 saturated heterocycles. The normalized spacial score (nSPS) is 11.7. The minimum Gasteiger partial charge on any atom is -0.406 e. The number of benzene rings is 2. The van der Waals surface area contributed by atoms with Crippen LogP contribution in [0.25, 0.3) is 21.3 Å². The maximum Gasteiger partial charge on any atom is 0.573 e. The first kappa shape index (κ1) is 24.4. The molecule has 0 spiro atoms. The van der Waals surface area contributed by atoms with E-state index in [1.54, 1.807) is 25.7 Å². The number of anilines is 2. The number of carbonyl (C=O) groups excluding carboxylic acids is 2. The summed E-state index contributed by atoms with van der Waals surface area (Å²) in [7, 11) is 4.78. The lowest BCUT2D eigenvalue weighted by atomic mass is 10.0. The molecular weight excluding hydrogens is 490 g/mol. The smallest absolute Gasteiger partial charge is 0.406 e. The van der Waals surface area contributed by atoms with Crippen molar-refractivity contribution in [3.8, 4) is 5.75 Å². The summed E-state index contributed by atoms with van der Waals surface area (Å²) in [6.07, 6.45) is -4.97. The largest absolute Gasteiger partial charge is 0.573 e. The Morgan fingerprint density at radius 1 is 1.11 bits per heavy atom. The number of nitrogens with zero attached hydrogens (tertiary/aromatic N) is 4. The van der Waals surface area contributed by atoms with Crippen LogP contribution >= 0.6 is 11.3 Å². The van der Waals surface area contributed by atoms with Crippen molar-refractivity contribution in [1.29, 1.82) is 0 Å². The summed E-state index contributed by atoms with van der Waals surface area (Å²) in [4.78, 5) is 34.3. The third kappa shape index (κ3) is 5.34. The van der Waals surface area contributed by atoms with Crippen molar-refractivity contribution in [2.24, 2.45) is 7.05 Å². The zero-order chi connectivity index (χ0) is 25.5. The van der Waals surface area contributed by atoms with Crippen molar-refractivity contribution in [3.63, 3.8) is 0 Å². The highest BCUT2D eigenvalue weighted by atomic mass is 32.1. The molecule has 0 saturated carbocycles. The number of Topliss-reactive ketones (excluding diaryl/α,β-unsaturated/α-hetero) is 1. The topological polar surface area (TPSA) is 89.3 Å². The molecule has 184 valence electrons. The Balaban J connectivity index is 1.58. The molecule has 0 aliphatic heterocycles. The summed E-state index contributed by atoms with van der Waals surface area (Å²) in [5.74, 6) is -1.55. The van der Waals surface area contributed by atoms with Gasteiger partial charge in [-0.2, -0.15) is 0 Å². The highest BCUT2D eigenvalue weighted by molar-refractivity contribution is 7.22. The van der Waals surface area contributed by atoms with Crippen LogP contribution in [0.5, 0.6) is 5.75 Å². The van der Waals surface area contributed by atoms with Crippen LogP contribution in [0.3, 0.4) is 0 Å². The Kier molecular flexibility index (Phi) is 6.36. The predicted molar refractivity (Wildman–Crippen MR) is 123 cm³/mol. The predicted octanol–water partition coefficient (Wildman–Crippen LogP) is 5.02. The van der Waals surface area contributed by atoms with Crippen LogP contribution in [0.15, 0.2) is 30.3 Å². The quantitative estimate of drug-likeness (QED) is 0.278. The van der Waals surface area contributed by atoms with E-state index >= 15 is 0 Å². The zero-order valence-electron chi connectivity index (χ0n) is 18.7. The van der Waals surface area contributed by atoms with Gasteiger partial charge in [-0.25, -0.2) is 14.4 Å². The maximum atomic E-state index is 14.7. The van der Waals surface area contributed by atoms with Gasteiger partial charge in [-0.1, -0.05) is 11.3 Å². The van der Waals surface area contributed by atoms with E-state index in [-0.39, 0.29) is 36.0 Å². The summed E-state index contributed by atoms with van der Waals surface area (Å²) < 4.78 is 58.1. The first-order valence-electron chi connectivity index (χ1n) is 10.2. The van der Waals surface area contributed by atoms with Crippen LogP contribution in [0, 0.1) is 5.82 Å². The Labute approximate surface area is 200 Å². The number of aryl methyl sites for hydroxylation is 1. The number of hydrogen-bond acceptors (Lipinski definition) is 7. The summed E-state index contributed by atoms with van der Waals surface area (Å²) in [6, 6.07) is 6.32. The summed E-state index contributed by atoms with van der Waals surface area (Å²) in [5, 5.41) is 3.33. The Morgan fingerprint density at radius 3 is 2.54 bits per heavy atom. The first-order valence-corrected chi connectivity index (χ1v) is 11.1. The second-order valence-electron chi connectivity index (χ2n) is 7.85. The minimum absolute atomic E-state index is 0.0360. The first-order chi connectivity index (χ1) is 16.4. The van der Waals surface area contributed by atoms with E-state index in [9.17, 15) is 27.2 Å². The van der Waals surface area contributed by atoms with E-state index in [1.165, 1.54) is 35.2 Å². The summed E-state index contributed by atoms with van der Waals surface area (Å²) in [5.41, 5.74) is 1.05. The molecule has 1 N–H and O–H groups in total. The lowest BCUT2D eigenvalue weighted by Crippen LogP contribution is -2.22. The van der Waals surface area contributed by atoms with Crippen LogP contribution in [0.4, 0.5) is 28.6 Å². The van der Waals surface area contributed by atoms with E-state index in [4.69, 9.17) is 0 Å². The van der Waals surface area contributed by atoms with E-state index in [2.05, 4.69) is 20.0 Å². The lowest BCUT2D eigenvalue weighted by Gasteiger charge is -2.09. The Hall–Kier alpha value is -3.74. The molecule has 1 amide bonds. The molecule has 35 heavy (non-hydrogen) atoms. The van der Waals surface area contributed by atoms with Gasteiger partial charge in [-0.3, -0.25) is 9.59 Å². The number of ether oxygens (including phenoxy) is 1. The number of rotatable bonds is 7. The van der Waals surface area contributed by atoms with Crippen molar-refractivity contribution in [3.05, 3.63) is 41.7 Å². The van der Waals surface area contributed by atoms with Crippen LogP contribution in [0.2, 0.25) is 0 Å². The van der Waals surface area contributed by atoms with E-state index in [0.29, 0.717) is 26.4 Å². The number of ketones is 1. The Bertz CT molecular complexity index is 1440. The molecule has 0 unspecified atom stereocenters. The lowest BCUT2D eigenvalue weighted by molar-refractivity contribution is -0.274. The molecule has 13 heteroatoms. The van der Waals surface area contributed by atoms with Gasteiger partial charge >= 0.3 is 6.36 Å². The average Bonchev–Trinajstić information content (AvgIpc) is 3.30. The molecule has 0 fully saturated rings. The van der Waals surface area contributed by atoms with Crippen LogP contribution in [0.1, 0.15) is 23.2 Å². The van der Waals surface area contributed by atoms with Crippen LogP contribution in [-0.2, 0) is 11.8 Å². The number of carbonyl (C=O) groups is 2. The van der Waals surface area contributed by atoms with Gasteiger partial charge in [0.15, 0.2) is 10.9 Å². The molecule has 0 atom stereocenters. The number of alkyl halides is 3. The third-order valence-corrected chi connectivity index (χ3v) is 6.08. The van der Waals surface area contributed by atoms with Crippen molar-refractivity contribution < 1.29 is 31.9 Å². The van der Waals surface area contributed by atoms with Crippen molar-refractivity contribution in [2.45, 2.75) is 19.2 Å². The molecule has 2 aromatic carbocycles. The van der Waals surface area contributed by atoms with Gasteiger partial charge < -0.3 is 19.5 Å². The van der Waals surface area contributed by atoms with E-state index in [0.717, 1.165) is 11.3 Å². The number of hydrogen-bond donors (Lipinski definition) is 1. The highest BCUT2D eigenvalue weighted by Crippen LogP contribution is 2.33. The monoisotopic (exact) mass is 509 g/mol. The minimum atomic E-state index is -4.80. The second-order valence-corrected chi connectivity index (χ2v) is 8.88. The fourth-order valence-corrected chi connectivity index (χ4v) is 4.26. The molecule has 0 radical (unpaired) electrons. The van der Waals surface area contributed by atoms with Gasteiger partial charge in [0, 0.05) is 46.1 Å². The second kappa shape index (κ2) is 9.13. The molecule has 2 aromatic heterocycles. The number of thiazole rings is 1. The number of halogens is 4. The van der Waals surface area contributed by atoms with E-state index in [1.807, 2.05) is 0 Å². The molecule has 8 nitrogen and oxygen atoms in total. The molecular formula is C22H19F4N5O3S. The fraction of sp³-hybridized carbons (Fsp3) is 0.273. The average molecular weight is 509 g/mol. The van der Waals surface area contributed by atoms with Crippen molar-refractivity contribution in [1.82, 2.24) is 19.4 Å². The molecule has 0 aliphatic rings. The number of nitrogens with one attached hydrogen (secondary N) is 1. The standard InChI is InChI=1S/C22H19F4N5O3S/c1-30(2)19(33)7-6-17(32)12-9-15-16(10-13(12)23)31(3)20(27-15)29-21-28-14-5-4-11(8-18(14)35-21)34-22(24,25)26/h4-5,8-10H,6-7H2,1-3H3,(H,27,28,29). The van der Waals surface area contributed by atoms with Crippen molar-refractivity contribution in [2.75, 3.05) is 19.4 Å². The molecule has 2 heterocycles. The molecule has 0 aliphatic carbocycles. The van der Waals surface area contributed by atoms with Gasteiger partial charge in [0.2, 0.25) is 11.9 Å². The fourth-order valence-electron chi connectivity index (χ4n) is 3.37. The van der Waals surface area contributed by atoms with E-state index < -0.39 is 18.0 Å². The van der Waals surface area contributed by atoms with Crippen molar-refractivity contribution >= 4 is 55.4 Å². The zero-order valence-corrected chi connectivity index (χ0v) is 19.6. The third-order valence-electron chi connectivity index (χ3n) is 5.15. The van der Waals surface area contributed by atoms with Gasteiger partial charge in [0.25, 0.3) is 0 Å². The van der Waals surface area contributed by atoms with Crippen LogP contribution < -0.4 is 10.1 Å². The summed E-state index contributed by atoms with van der Waals surface area (Å²) >= 11 is 1.09. The number of amides is 1. The molecule has 0 bridgehead atoms. The SMILES string of the molecule is CN(C)C(=O)CCC(=O)c1cc2nc(Nc3nc4ccc(OC(F)(F)F)cc4s3)n(C)c2cc1F. The number of imidazole rings is 1. The Morgan fingerprint density at radius 2 is 1.86 bits per heavy atom. The van der Waals surface area contributed by atoms with Gasteiger partial charge in [0.05, 0.1) is 26.8 Å². The highest BCUT2D eigenvalue weighted by Gasteiger charge is 2.31. The van der Waals surface area contributed by atoms with Gasteiger partial charge in [-0.15, -0.1) is 13.2 Å². The van der Waals surface area contributed by atoms with Gasteiger partial charge in [0.1, 0.15) is 11.6 Å². The number of fused-ring (bicyclic) bond motifs is 2. The summed E-state index contributed by atoms with van der Waals surface area (Å²) in [6.45, 7) is 0.